The van der Waals surface area contributed by atoms with E-state index in [0.29, 0.717) is 25.7 Å². The van der Waals surface area contributed by atoms with Gasteiger partial charge in [-0.3, -0.25) is 4.99 Å². The molecule has 0 fully saturated rings. The molecule has 8 heteroatoms. The van der Waals surface area contributed by atoms with Gasteiger partial charge >= 0.3 is 6.18 Å². The molecule has 1 rings (SSSR count). The van der Waals surface area contributed by atoms with E-state index in [1.54, 1.807) is 14.2 Å². The quantitative estimate of drug-likeness (QED) is 0.570. The molecule has 1 N–H and O–H groups in total. The van der Waals surface area contributed by atoms with Gasteiger partial charge in [0.1, 0.15) is 0 Å². The van der Waals surface area contributed by atoms with Crippen LogP contribution in [0.3, 0.4) is 0 Å². The van der Waals surface area contributed by atoms with E-state index in [-0.39, 0.29) is 0 Å². The number of guanidine groups is 1. The molecule has 0 spiro atoms. The molecule has 1 aromatic carbocycles. The van der Waals surface area contributed by atoms with Crippen LogP contribution in [0.4, 0.5) is 13.2 Å². The molecule has 0 heterocycles. The predicted octanol–water partition coefficient (Wildman–Crippen LogP) is 2.29. The van der Waals surface area contributed by atoms with Gasteiger partial charge in [-0.25, -0.2) is 0 Å². The predicted molar refractivity (Wildman–Crippen MR) is 93.6 cm³/mol. The molecule has 0 aromatic heterocycles. The lowest BCUT2D eigenvalue weighted by molar-refractivity contribution is -0.137. The van der Waals surface area contributed by atoms with Crippen molar-refractivity contribution in [3.8, 4) is 0 Å². The number of alkyl halides is 3. The number of methoxy groups -OCH3 is 1. The van der Waals surface area contributed by atoms with Gasteiger partial charge < -0.3 is 19.9 Å². The molecule has 25 heavy (non-hydrogen) atoms. The molecule has 0 aliphatic carbocycles. The molecule has 0 radical (unpaired) electrons. The van der Waals surface area contributed by atoms with Crippen molar-refractivity contribution in [1.82, 2.24) is 15.1 Å². The highest BCUT2D eigenvalue weighted by atomic mass is 19.4. The second-order valence-corrected chi connectivity index (χ2v) is 5.82. The number of halogens is 3. The summed E-state index contributed by atoms with van der Waals surface area (Å²) in [4.78, 5) is 8.22. The number of nitrogens with zero attached hydrogens (tertiary/aromatic N) is 3. The number of aliphatic imine (C=N–C) groups is 1. The van der Waals surface area contributed by atoms with Crippen molar-refractivity contribution >= 4 is 5.96 Å². The number of likely N-dealkylation sites (N-methyl/N-ethyl adjacent to an activating group) is 1. The van der Waals surface area contributed by atoms with Crippen LogP contribution in [0.15, 0.2) is 29.3 Å². The SMILES string of the molecule is CN=C(NCCN(C)CCOC)N(C)Cc1ccc(C(F)(F)F)cc1. The lowest BCUT2D eigenvalue weighted by Crippen LogP contribution is -2.42. The Morgan fingerprint density at radius 2 is 1.80 bits per heavy atom. The van der Waals surface area contributed by atoms with E-state index >= 15 is 0 Å². The van der Waals surface area contributed by atoms with Gasteiger partial charge in [0.05, 0.1) is 12.2 Å². The van der Waals surface area contributed by atoms with Gasteiger partial charge in [0.2, 0.25) is 0 Å². The smallest absolute Gasteiger partial charge is 0.383 e. The average Bonchev–Trinajstić information content (AvgIpc) is 2.56. The molecule has 142 valence electrons. The fourth-order valence-electron chi connectivity index (χ4n) is 2.25. The van der Waals surface area contributed by atoms with E-state index in [1.807, 2.05) is 19.0 Å². The summed E-state index contributed by atoms with van der Waals surface area (Å²) in [5.41, 5.74) is 0.149. The first-order chi connectivity index (χ1) is 11.8. The third-order valence-electron chi connectivity index (χ3n) is 3.73. The Hall–Kier alpha value is -1.80. The van der Waals surface area contributed by atoms with Gasteiger partial charge in [-0.1, -0.05) is 12.1 Å². The highest BCUT2D eigenvalue weighted by Crippen LogP contribution is 2.29. The molecule has 0 unspecified atom stereocenters. The van der Waals surface area contributed by atoms with Gasteiger partial charge in [0.25, 0.3) is 0 Å². The van der Waals surface area contributed by atoms with Crippen LogP contribution in [-0.4, -0.2) is 70.3 Å². The number of hydrogen-bond acceptors (Lipinski definition) is 3. The summed E-state index contributed by atoms with van der Waals surface area (Å²) in [6, 6.07) is 5.19. The van der Waals surface area contributed by atoms with E-state index in [4.69, 9.17) is 4.74 Å². The van der Waals surface area contributed by atoms with E-state index < -0.39 is 11.7 Å². The summed E-state index contributed by atoms with van der Waals surface area (Å²) < 4.78 is 42.8. The van der Waals surface area contributed by atoms with Crippen molar-refractivity contribution in [1.29, 1.82) is 0 Å². The molecule has 0 amide bonds. The van der Waals surface area contributed by atoms with Crippen LogP contribution in [0.5, 0.6) is 0 Å². The molecule has 0 aliphatic rings. The molecular formula is C17H27F3N4O. The average molecular weight is 360 g/mol. The van der Waals surface area contributed by atoms with Crippen LogP contribution in [0.1, 0.15) is 11.1 Å². The van der Waals surface area contributed by atoms with Crippen molar-refractivity contribution in [3.63, 3.8) is 0 Å². The first kappa shape index (κ1) is 21.2. The van der Waals surface area contributed by atoms with Gasteiger partial charge in [-0.15, -0.1) is 0 Å². The van der Waals surface area contributed by atoms with Crippen molar-refractivity contribution < 1.29 is 17.9 Å². The highest BCUT2D eigenvalue weighted by Gasteiger charge is 2.29. The summed E-state index contributed by atoms with van der Waals surface area (Å²) in [5.74, 6) is 0.694. The number of benzene rings is 1. The second-order valence-electron chi connectivity index (χ2n) is 5.82. The summed E-state index contributed by atoms with van der Waals surface area (Å²) in [6.07, 6.45) is -4.31. The summed E-state index contributed by atoms with van der Waals surface area (Å²) in [6.45, 7) is 3.54. The van der Waals surface area contributed by atoms with E-state index in [1.165, 1.54) is 12.1 Å². The van der Waals surface area contributed by atoms with Gasteiger partial charge in [-0.05, 0) is 24.7 Å². The maximum Gasteiger partial charge on any atom is 0.416 e. The lowest BCUT2D eigenvalue weighted by atomic mass is 10.1. The van der Waals surface area contributed by atoms with Crippen LogP contribution < -0.4 is 5.32 Å². The van der Waals surface area contributed by atoms with E-state index in [9.17, 15) is 13.2 Å². The zero-order valence-corrected chi connectivity index (χ0v) is 15.2. The fourth-order valence-corrected chi connectivity index (χ4v) is 2.25. The topological polar surface area (TPSA) is 40.1 Å². The van der Waals surface area contributed by atoms with Gasteiger partial charge in [0.15, 0.2) is 5.96 Å². The fraction of sp³-hybridized carbons (Fsp3) is 0.588. The Morgan fingerprint density at radius 3 is 2.32 bits per heavy atom. The summed E-state index contributed by atoms with van der Waals surface area (Å²) in [7, 11) is 7.21. The monoisotopic (exact) mass is 360 g/mol. The minimum absolute atomic E-state index is 0.470. The largest absolute Gasteiger partial charge is 0.416 e. The molecule has 0 atom stereocenters. The van der Waals surface area contributed by atoms with Crippen LogP contribution in [0.2, 0.25) is 0 Å². The maximum atomic E-state index is 12.6. The first-order valence-electron chi connectivity index (χ1n) is 8.03. The molecule has 0 saturated heterocycles. The first-order valence-corrected chi connectivity index (χ1v) is 8.03. The zero-order valence-electron chi connectivity index (χ0n) is 15.2. The normalized spacial score (nSPS) is 12.6. The molecule has 5 nitrogen and oxygen atoms in total. The molecule has 0 bridgehead atoms. The number of hydrogen-bond donors (Lipinski definition) is 1. The Labute approximate surface area is 147 Å². The van der Waals surface area contributed by atoms with E-state index in [2.05, 4.69) is 15.2 Å². The summed E-state index contributed by atoms with van der Waals surface area (Å²) in [5, 5.41) is 3.25. The van der Waals surface area contributed by atoms with Crippen molar-refractivity contribution in [3.05, 3.63) is 35.4 Å². The zero-order chi connectivity index (χ0) is 18.9. The number of rotatable bonds is 8. The number of ether oxygens (including phenoxy) is 1. The van der Waals surface area contributed by atoms with Crippen LogP contribution in [-0.2, 0) is 17.5 Å². The minimum Gasteiger partial charge on any atom is -0.383 e. The van der Waals surface area contributed by atoms with Crippen molar-refractivity contribution in [2.45, 2.75) is 12.7 Å². The van der Waals surface area contributed by atoms with Crippen LogP contribution in [0.25, 0.3) is 0 Å². The van der Waals surface area contributed by atoms with Gasteiger partial charge in [0, 0.05) is 47.4 Å². The van der Waals surface area contributed by atoms with Crippen LogP contribution >= 0.6 is 0 Å². The highest BCUT2D eigenvalue weighted by molar-refractivity contribution is 5.79. The standard InChI is InChI=1S/C17H27F3N4O/c1-21-16(22-9-10-23(2)11-12-25-4)24(3)13-14-5-7-15(8-6-14)17(18,19)20/h5-8H,9-13H2,1-4H3,(H,21,22). The Kier molecular flexibility index (Phi) is 8.71. The molecule has 1 aromatic rings. The van der Waals surface area contributed by atoms with Gasteiger partial charge in [-0.2, -0.15) is 13.2 Å². The second kappa shape index (κ2) is 10.2. The number of nitrogens with one attached hydrogen (secondary N) is 1. The Balaban J connectivity index is 2.49. The van der Waals surface area contributed by atoms with E-state index in [0.717, 1.165) is 30.8 Å². The van der Waals surface area contributed by atoms with Crippen molar-refractivity contribution in [2.75, 3.05) is 54.5 Å². The third kappa shape index (κ3) is 7.74. The van der Waals surface area contributed by atoms with Crippen molar-refractivity contribution in [2.24, 2.45) is 4.99 Å². The summed E-state index contributed by atoms with van der Waals surface area (Å²) >= 11 is 0. The molecular weight excluding hydrogens is 333 g/mol. The Morgan fingerprint density at radius 1 is 1.16 bits per heavy atom. The molecule has 0 aliphatic heterocycles. The van der Waals surface area contributed by atoms with Crippen LogP contribution in [0, 0.1) is 0 Å². The lowest BCUT2D eigenvalue weighted by Gasteiger charge is -2.24. The maximum absolute atomic E-state index is 12.6. The minimum atomic E-state index is -4.31. The third-order valence-corrected chi connectivity index (χ3v) is 3.73. The molecule has 0 saturated carbocycles. The Bertz CT molecular complexity index is 532.